The summed E-state index contributed by atoms with van der Waals surface area (Å²) < 4.78 is 3.11. The van der Waals surface area contributed by atoms with Gasteiger partial charge in [-0.25, -0.2) is 9.69 Å². The second-order valence-electron chi connectivity index (χ2n) is 8.52. The van der Waals surface area contributed by atoms with Crippen molar-refractivity contribution < 1.29 is 19.1 Å². The van der Waals surface area contributed by atoms with Gasteiger partial charge < -0.3 is 4.74 Å². The Morgan fingerprint density at radius 1 is 0.758 bits per heavy atom. The molecule has 2 bridgehead atoms. The van der Waals surface area contributed by atoms with E-state index in [0.29, 0.717) is 11.3 Å². The second kappa shape index (κ2) is 6.87. The van der Waals surface area contributed by atoms with Crippen LogP contribution in [0.5, 0.6) is 0 Å². The number of rotatable bonds is 2. The average molecular weight is 567 g/mol. The Bertz CT molecular complexity index is 1250. The van der Waals surface area contributed by atoms with Crippen molar-refractivity contribution in [2.75, 3.05) is 12.0 Å². The van der Waals surface area contributed by atoms with Crippen LogP contribution in [0, 0.1) is 11.8 Å². The van der Waals surface area contributed by atoms with Crippen molar-refractivity contribution in [3.05, 3.63) is 101 Å². The number of methoxy groups -OCH3 is 1. The average Bonchev–Trinajstić information content (AvgIpc) is 3.13. The molecule has 3 aromatic carbocycles. The SMILES string of the molecule is COC(=O)c1ccc(N2C(=O)[C@@H]3[C@@H](C2=O)C2(Br)c4ccccc4C3(Br)c3ccccc32)cc1. The van der Waals surface area contributed by atoms with Gasteiger partial charge in [0.2, 0.25) is 11.8 Å². The van der Waals surface area contributed by atoms with E-state index < -0.39 is 26.5 Å². The number of amides is 2. The highest BCUT2D eigenvalue weighted by molar-refractivity contribution is 9.10. The van der Waals surface area contributed by atoms with Crippen molar-refractivity contribution >= 4 is 55.3 Å². The molecule has 0 saturated carbocycles. The summed E-state index contributed by atoms with van der Waals surface area (Å²) >= 11 is 7.98. The molecule has 4 aliphatic rings. The van der Waals surface area contributed by atoms with Gasteiger partial charge in [-0.15, -0.1) is 0 Å². The molecule has 1 heterocycles. The minimum Gasteiger partial charge on any atom is -0.465 e. The largest absolute Gasteiger partial charge is 0.465 e. The molecule has 7 rings (SSSR count). The number of carbonyl (C=O) groups excluding carboxylic acids is 3. The number of anilines is 1. The second-order valence-corrected chi connectivity index (χ2v) is 11.0. The third kappa shape index (κ3) is 2.39. The molecular weight excluding hydrogens is 550 g/mol. The molecule has 164 valence electrons. The summed E-state index contributed by atoms with van der Waals surface area (Å²) in [5, 5.41) is 0. The van der Waals surface area contributed by atoms with Crippen LogP contribution in [0.1, 0.15) is 32.6 Å². The Morgan fingerprint density at radius 3 is 1.52 bits per heavy atom. The molecule has 1 saturated heterocycles. The molecule has 0 N–H and O–H groups in total. The Balaban J connectivity index is 1.56. The zero-order valence-electron chi connectivity index (χ0n) is 17.4. The maximum Gasteiger partial charge on any atom is 0.337 e. The third-order valence-electron chi connectivity index (χ3n) is 7.13. The number of nitrogens with zero attached hydrogens (tertiary/aromatic N) is 1. The highest BCUT2D eigenvalue weighted by Gasteiger charge is 2.72. The highest BCUT2D eigenvalue weighted by atomic mass is 79.9. The van der Waals surface area contributed by atoms with Crippen LogP contribution in [0.25, 0.3) is 0 Å². The van der Waals surface area contributed by atoms with E-state index in [1.807, 2.05) is 48.5 Å². The Labute approximate surface area is 207 Å². The molecule has 7 heteroatoms. The van der Waals surface area contributed by atoms with E-state index in [2.05, 4.69) is 31.9 Å². The summed E-state index contributed by atoms with van der Waals surface area (Å²) in [6.45, 7) is 0. The number of alkyl halides is 2. The van der Waals surface area contributed by atoms with E-state index in [-0.39, 0.29) is 11.8 Å². The quantitative estimate of drug-likeness (QED) is 0.252. The smallest absolute Gasteiger partial charge is 0.337 e. The van der Waals surface area contributed by atoms with E-state index in [9.17, 15) is 14.4 Å². The van der Waals surface area contributed by atoms with E-state index >= 15 is 0 Å². The number of halogens is 2. The summed E-state index contributed by atoms with van der Waals surface area (Å²) in [6, 6.07) is 22.3. The maximum absolute atomic E-state index is 13.9. The van der Waals surface area contributed by atoms with Gasteiger partial charge in [0.05, 0.1) is 38.8 Å². The molecule has 0 spiro atoms. The summed E-state index contributed by atoms with van der Waals surface area (Å²) in [5.41, 5.74) is 4.76. The number of esters is 1. The molecule has 0 radical (unpaired) electrons. The Kier molecular flexibility index (Phi) is 4.33. The van der Waals surface area contributed by atoms with Gasteiger partial charge in [0.1, 0.15) is 0 Å². The predicted molar refractivity (Wildman–Crippen MR) is 130 cm³/mol. The van der Waals surface area contributed by atoms with Crippen molar-refractivity contribution in [1.82, 2.24) is 0 Å². The maximum atomic E-state index is 13.9. The lowest BCUT2D eigenvalue weighted by molar-refractivity contribution is -0.122. The fourth-order valence-corrected chi connectivity index (χ4v) is 8.09. The van der Waals surface area contributed by atoms with Gasteiger partial charge in [0.15, 0.2) is 0 Å². The van der Waals surface area contributed by atoms with Crippen LogP contribution in [0.2, 0.25) is 0 Å². The minimum atomic E-state index is -0.826. The van der Waals surface area contributed by atoms with Crippen LogP contribution in [-0.2, 0) is 23.0 Å². The lowest BCUT2D eigenvalue weighted by atomic mass is 9.54. The van der Waals surface area contributed by atoms with E-state index in [4.69, 9.17) is 4.74 Å². The van der Waals surface area contributed by atoms with Crippen molar-refractivity contribution in [1.29, 1.82) is 0 Å². The Hall–Kier alpha value is -2.77. The van der Waals surface area contributed by atoms with Gasteiger partial charge in [-0.2, -0.15) is 0 Å². The first-order chi connectivity index (χ1) is 15.8. The molecule has 1 fully saturated rings. The minimum absolute atomic E-state index is 0.263. The van der Waals surface area contributed by atoms with E-state index in [0.717, 1.165) is 22.3 Å². The van der Waals surface area contributed by atoms with Gasteiger partial charge in [0.25, 0.3) is 0 Å². The van der Waals surface area contributed by atoms with Crippen molar-refractivity contribution in [2.24, 2.45) is 11.8 Å². The van der Waals surface area contributed by atoms with Crippen LogP contribution < -0.4 is 4.90 Å². The summed E-state index contributed by atoms with van der Waals surface area (Å²) in [6.07, 6.45) is 0. The predicted octanol–water partition coefficient (Wildman–Crippen LogP) is 4.88. The van der Waals surface area contributed by atoms with Gasteiger partial charge in [-0.3, -0.25) is 9.59 Å². The molecular formula is C26H17Br2NO4. The fraction of sp³-hybridized carbons (Fsp3) is 0.192. The topological polar surface area (TPSA) is 63.7 Å². The normalized spacial score (nSPS) is 28.9. The fourth-order valence-electron chi connectivity index (χ4n) is 5.79. The van der Waals surface area contributed by atoms with Crippen LogP contribution in [0.3, 0.4) is 0 Å². The molecule has 5 nitrogen and oxygen atoms in total. The van der Waals surface area contributed by atoms with Crippen molar-refractivity contribution in [2.45, 2.75) is 8.65 Å². The lowest BCUT2D eigenvalue weighted by Gasteiger charge is -2.55. The van der Waals surface area contributed by atoms with Gasteiger partial charge in [-0.1, -0.05) is 80.4 Å². The van der Waals surface area contributed by atoms with E-state index in [1.165, 1.54) is 12.0 Å². The van der Waals surface area contributed by atoms with Gasteiger partial charge >= 0.3 is 5.97 Å². The molecule has 33 heavy (non-hydrogen) atoms. The van der Waals surface area contributed by atoms with Crippen molar-refractivity contribution in [3.8, 4) is 0 Å². The number of benzene rings is 3. The highest BCUT2D eigenvalue weighted by Crippen LogP contribution is 2.70. The molecule has 2 amide bonds. The number of ether oxygens (including phenoxy) is 1. The first-order valence-corrected chi connectivity index (χ1v) is 12.1. The summed E-state index contributed by atoms with van der Waals surface area (Å²) in [4.78, 5) is 41.0. The zero-order chi connectivity index (χ0) is 23.1. The van der Waals surface area contributed by atoms with E-state index in [1.54, 1.807) is 24.3 Å². The summed E-state index contributed by atoms with van der Waals surface area (Å²) in [5.74, 6) is -2.26. The van der Waals surface area contributed by atoms with Crippen molar-refractivity contribution in [3.63, 3.8) is 0 Å². The Morgan fingerprint density at radius 2 is 1.15 bits per heavy atom. The number of carbonyl (C=O) groups is 3. The molecule has 3 aliphatic carbocycles. The molecule has 0 unspecified atom stereocenters. The monoisotopic (exact) mass is 565 g/mol. The summed E-state index contributed by atoms with van der Waals surface area (Å²) in [7, 11) is 1.31. The number of hydrogen-bond donors (Lipinski definition) is 0. The van der Waals surface area contributed by atoms with Crippen LogP contribution in [-0.4, -0.2) is 24.9 Å². The standard InChI is InChI=1S/C26H17Br2NO4/c1-33-24(32)14-10-12-15(13-11-14)29-22(30)20-21(23(29)31)26(28)17-7-3-2-6-16(17)25(20,27)18-8-4-5-9-19(18)26/h2-13,20-21H,1H3/t20-,21-,25?,26?/m0/s1. The van der Waals surface area contributed by atoms with Crippen LogP contribution in [0.4, 0.5) is 5.69 Å². The molecule has 2 atom stereocenters. The van der Waals surface area contributed by atoms with Crippen LogP contribution >= 0.6 is 31.9 Å². The third-order valence-corrected chi connectivity index (χ3v) is 9.83. The van der Waals surface area contributed by atoms with Gasteiger partial charge in [0, 0.05) is 0 Å². The van der Waals surface area contributed by atoms with Crippen LogP contribution in [0.15, 0.2) is 72.8 Å². The number of hydrogen-bond acceptors (Lipinski definition) is 4. The first kappa shape index (κ1) is 20.8. The molecule has 3 aromatic rings. The molecule has 0 aromatic heterocycles. The zero-order valence-corrected chi connectivity index (χ0v) is 20.6. The van der Waals surface area contributed by atoms with Gasteiger partial charge in [-0.05, 0) is 46.5 Å². The lowest BCUT2D eigenvalue weighted by Crippen LogP contribution is -2.56. The molecule has 1 aliphatic heterocycles. The number of imide groups is 1. The first-order valence-electron chi connectivity index (χ1n) is 10.5.